The van der Waals surface area contributed by atoms with Crippen LogP contribution in [0.4, 0.5) is 0 Å². The summed E-state index contributed by atoms with van der Waals surface area (Å²) in [5.74, 6) is -0.910. The van der Waals surface area contributed by atoms with E-state index in [9.17, 15) is 14.7 Å². The summed E-state index contributed by atoms with van der Waals surface area (Å²) in [6, 6.07) is 0. The smallest absolute Gasteiger partial charge is 0.307 e. The van der Waals surface area contributed by atoms with E-state index in [-0.39, 0.29) is 5.78 Å². The minimum atomic E-state index is -0.807. The van der Waals surface area contributed by atoms with Crippen molar-refractivity contribution in [3.8, 4) is 0 Å². The van der Waals surface area contributed by atoms with Crippen LogP contribution in [0.3, 0.4) is 0 Å². The summed E-state index contributed by atoms with van der Waals surface area (Å²) in [6.07, 6.45) is 3.11. The second-order valence-corrected chi connectivity index (χ2v) is 5.09. The van der Waals surface area contributed by atoms with Crippen molar-refractivity contribution in [2.45, 2.75) is 46.5 Å². The van der Waals surface area contributed by atoms with Gasteiger partial charge in [-0.15, -0.1) is 0 Å². The summed E-state index contributed by atoms with van der Waals surface area (Å²) in [5, 5.41) is 9.22. The van der Waals surface area contributed by atoms with Gasteiger partial charge in [0.1, 0.15) is 5.78 Å². The molecule has 15 heavy (non-hydrogen) atoms. The van der Waals surface area contributed by atoms with Gasteiger partial charge in [0.15, 0.2) is 0 Å². The van der Waals surface area contributed by atoms with Crippen molar-refractivity contribution < 1.29 is 14.7 Å². The van der Waals surface area contributed by atoms with Crippen molar-refractivity contribution >= 4 is 11.8 Å². The molecule has 1 aliphatic carbocycles. The fraction of sp³-hybridized carbons (Fsp3) is 0.833. The number of Topliss-reactive ketones (excluding diaryl/α,β-unsaturated/α-hetero) is 1. The molecular weight excluding hydrogens is 192 g/mol. The van der Waals surface area contributed by atoms with E-state index in [0.717, 1.165) is 19.3 Å². The van der Waals surface area contributed by atoms with Gasteiger partial charge in [-0.05, 0) is 32.1 Å². The monoisotopic (exact) mass is 212 g/mol. The fourth-order valence-corrected chi connectivity index (χ4v) is 2.54. The van der Waals surface area contributed by atoms with Gasteiger partial charge in [-0.2, -0.15) is 0 Å². The van der Waals surface area contributed by atoms with Crippen LogP contribution in [0.15, 0.2) is 0 Å². The molecule has 1 aliphatic rings. The summed E-state index contributed by atoms with van der Waals surface area (Å²) in [6.45, 7) is 5.54. The van der Waals surface area contributed by atoms with Crippen molar-refractivity contribution in [3.63, 3.8) is 0 Å². The van der Waals surface area contributed by atoms with E-state index in [4.69, 9.17) is 0 Å². The number of hydrogen-bond donors (Lipinski definition) is 1. The highest BCUT2D eigenvalue weighted by Gasteiger charge is 2.51. The second kappa shape index (κ2) is 4.33. The molecule has 1 unspecified atom stereocenters. The molecule has 1 rings (SSSR count). The number of carboxylic acid groups (broad SMARTS) is 1. The lowest BCUT2D eigenvalue weighted by Gasteiger charge is -2.44. The number of rotatable bonds is 5. The Balaban J connectivity index is 2.86. The lowest BCUT2D eigenvalue weighted by molar-refractivity contribution is -0.158. The van der Waals surface area contributed by atoms with Crippen molar-refractivity contribution in [3.05, 3.63) is 0 Å². The van der Waals surface area contributed by atoms with Crippen molar-refractivity contribution in [2.75, 3.05) is 0 Å². The SMILES string of the molecule is CC(=O)C1(C(CC(C)C)C(=O)O)CCC1. The molecule has 3 heteroatoms. The summed E-state index contributed by atoms with van der Waals surface area (Å²) >= 11 is 0. The minimum Gasteiger partial charge on any atom is -0.481 e. The number of ketones is 1. The van der Waals surface area contributed by atoms with Crippen LogP contribution in [0, 0.1) is 17.3 Å². The Bertz CT molecular complexity index is 264. The van der Waals surface area contributed by atoms with Crippen LogP contribution >= 0.6 is 0 Å². The third-order valence-corrected chi connectivity index (χ3v) is 3.62. The standard InChI is InChI=1S/C12H20O3/c1-8(2)7-10(11(14)15)12(9(3)13)5-4-6-12/h8,10H,4-7H2,1-3H3,(H,14,15). The molecule has 0 aromatic carbocycles. The first kappa shape index (κ1) is 12.2. The van der Waals surface area contributed by atoms with Gasteiger partial charge >= 0.3 is 5.97 Å². The summed E-state index contributed by atoms with van der Waals surface area (Å²) in [7, 11) is 0. The third-order valence-electron chi connectivity index (χ3n) is 3.62. The average molecular weight is 212 g/mol. The van der Waals surface area contributed by atoms with Gasteiger partial charge in [-0.1, -0.05) is 20.3 Å². The predicted molar refractivity (Wildman–Crippen MR) is 57.5 cm³/mol. The van der Waals surface area contributed by atoms with Crippen LogP contribution in [-0.2, 0) is 9.59 Å². The lowest BCUT2D eigenvalue weighted by Crippen LogP contribution is -2.47. The highest BCUT2D eigenvalue weighted by Crippen LogP contribution is 2.50. The molecule has 0 aromatic heterocycles. The molecule has 1 saturated carbocycles. The Morgan fingerprint density at radius 1 is 1.33 bits per heavy atom. The molecule has 0 aromatic rings. The number of carbonyl (C=O) groups excluding carboxylic acids is 1. The van der Waals surface area contributed by atoms with E-state index in [1.54, 1.807) is 0 Å². The van der Waals surface area contributed by atoms with E-state index >= 15 is 0 Å². The molecule has 0 spiro atoms. The normalized spacial score (nSPS) is 20.8. The lowest BCUT2D eigenvalue weighted by atomic mass is 9.57. The van der Waals surface area contributed by atoms with Crippen molar-refractivity contribution in [2.24, 2.45) is 17.3 Å². The third kappa shape index (κ3) is 2.21. The van der Waals surface area contributed by atoms with Gasteiger partial charge in [-0.25, -0.2) is 0 Å². The maximum atomic E-state index is 11.6. The summed E-state index contributed by atoms with van der Waals surface area (Å²) < 4.78 is 0. The van der Waals surface area contributed by atoms with Gasteiger partial charge in [0, 0.05) is 5.41 Å². The Hall–Kier alpha value is -0.860. The Labute approximate surface area is 90.9 Å². The first-order valence-electron chi connectivity index (χ1n) is 5.64. The average Bonchev–Trinajstić information content (AvgIpc) is 1.98. The van der Waals surface area contributed by atoms with Crippen LogP contribution in [0.5, 0.6) is 0 Å². The Kier molecular flexibility index (Phi) is 3.53. The first-order valence-corrected chi connectivity index (χ1v) is 5.64. The molecular formula is C12H20O3. The molecule has 1 atom stereocenters. The molecule has 0 radical (unpaired) electrons. The van der Waals surface area contributed by atoms with Crippen molar-refractivity contribution in [1.29, 1.82) is 0 Å². The summed E-state index contributed by atoms with van der Waals surface area (Å²) in [5.41, 5.74) is -0.546. The Morgan fingerprint density at radius 3 is 2.07 bits per heavy atom. The van der Waals surface area contributed by atoms with Crippen LogP contribution in [0.25, 0.3) is 0 Å². The highest BCUT2D eigenvalue weighted by atomic mass is 16.4. The zero-order valence-corrected chi connectivity index (χ0v) is 9.75. The van der Waals surface area contributed by atoms with Crippen LogP contribution in [0.1, 0.15) is 46.5 Å². The fourth-order valence-electron chi connectivity index (χ4n) is 2.54. The zero-order valence-electron chi connectivity index (χ0n) is 9.75. The number of aliphatic carboxylic acids is 1. The molecule has 0 amide bonds. The quantitative estimate of drug-likeness (QED) is 0.761. The van der Waals surface area contributed by atoms with Gasteiger partial charge in [0.2, 0.25) is 0 Å². The van der Waals surface area contributed by atoms with Gasteiger partial charge < -0.3 is 5.11 Å². The van der Waals surface area contributed by atoms with E-state index in [1.807, 2.05) is 13.8 Å². The second-order valence-electron chi connectivity index (χ2n) is 5.09. The minimum absolute atomic E-state index is 0.0572. The van der Waals surface area contributed by atoms with E-state index in [0.29, 0.717) is 12.3 Å². The molecule has 0 saturated heterocycles. The maximum absolute atomic E-state index is 11.6. The van der Waals surface area contributed by atoms with E-state index in [1.165, 1.54) is 6.92 Å². The number of hydrogen-bond acceptors (Lipinski definition) is 2. The van der Waals surface area contributed by atoms with E-state index in [2.05, 4.69) is 0 Å². The molecule has 1 N–H and O–H groups in total. The van der Waals surface area contributed by atoms with Gasteiger partial charge in [0.25, 0.3) is 0 Å². The van der Waals surface area contributed by atoms with Crippen LogP contribution < -0.4 is 0 Å². The number of carboxylic acids is 1. The van der Waals surface area contributed by atoms with E-state index < -0.39 is 17.3 Å². The van der Waals surface area contributed by atoms with Crippen LogP contribution in [0.2, 0.25) is 0 Å². The van der Waals surface area contributed by atoms with Gasteiger partial charge in [-0.3, -0.25) is 9.59 Å². The molecule has 0 bridgehead atoms. The first-order chi connectivity index (χ1) is 6.90. The number of carbonyl (C=O) groups is 2. The Morgan fingerprint density at radius 2 is 1.87 bits per heavy atom. The molecule has 86 valence electrons. The van der Waals surface area contributed by atoms with Crippen LogP contribution in [-0.4, -0.2) is 16.9 Å². The van der Waals surface area contributed by atoms with Crippen molar-refractivity contribution in [1.82, 2.24) is 0 Å². The molecule has 1 fully saturated rings. The summed E-state index contributed by atoms with van der Waals surface area (Å²) in [4.78, 5) is 22.8. The topological polar surface area (TPSA) is 54.4 Å². The molecule has 0 aliphatic heterocycles. The molecule has 3 nitrogen and oxygen atoms in total. The van der Waals surface area contributed by atoms with Gasteiger partial charge in [0.05, 0.1) is 5.92 Å². The predicted octanol–water partition coefficient (Wildman–Crippen LogP) is 2.49. The molecule has 0 heterocycles. The highest BCUT2D eigenvalue weighted by molar-refractivity contribution is 5.89. The largest absolute Gasteiger partial charge is 0.481 e. The zero-order chi connectivity index (χ0) is 11.6. The maximum Gasteiger partial charge on any atom is 0.307 e.